The number of fused-ring (bicyclic) bond motifs is 3. The molecule has 2 heterocycles. The first-order chi connectivity index (χ1) is 14.5. The second-order valence-electron chi connectivity index (χ2n) is 7.12. The van der Waals surface area contributed by atoms with Gasteiger partial charge in [-0.05, 0) is 55.5 Å². The molecule has 4 rings (SSSR count). The molecule has 3 aromatic rings. The van der Waals surface area contributed by atoms with Crippen molar-refractivity contribution in [3.8, 4) is 0 Å². The van der Waals surface area contributed by atoms with Gasteiger partial charge >= 0.3 is 5.97 Å². The number of nitrogens with zero attached hydrogens (tertiary/aromatic N) is 2. The number of rotatable bonds is 5. The minimum absolute atomic E-state index is 0.0989. The van der Waals surface area contributed by atoms with E-state index in [0.29, 0.717) is 22.2 Å². The second-order valence-corrected chi connectivity index (χ2v) is 8.64. The molecule has 0 bridgehead atoms. The lowest BCUT2D eigenvalue weighted by Crippen LogP contribution is -2.30. The number of carbonyl (C=O) groups is 2. The largest absolute Gasteiger partial charge is 0.456 e. The van der Waals surface area contributed by atoms with Gasteiger partial charge in [0.1, 0.15) is 17.2 Å². The molecule has 0 atom stereocenters. The van der Waals surface area contributed by atoms with Crippen LogP contribution < -0.4 is 11.1 Å². The summed E-state index contributed by atoms with van der Waals surface area (Å²) in [6.45, 7) is -0.356. The Morgan fingerprint density at radius 3 is 2.70 bits per heavy atom. The number of thiophene rings is 1. The topological polar surface area (TPSA) is 107 Å². The quantitative estimate of drug-likeness (QED) is 0.459. The summed E-state index contributed by atoms with van der Waals surface area (Å²) in [4.78, 5) is 35.1. The molecular formula is C21H21ClN4O3S. The lowest BCUT2D eigenvalue weighted by molar-refractivity contribution is -0.143. The number of anilines is 1. The van der Waals surface area contributed by atoms with Crippen molar-refractivity contribution in [3.63, 3.8) is 0 Å². The van der Waals surface area contributed by atoms with E-state index in [1.54, 1.807) is 35.6 Å². The molecular weight excluding hydrogens is 424 g/mol. The average Bonchev–Trinajstić information content (AvgIpc) is 2.93. The van der Waals surface area contributed by atoms with E-state index in [1.807, 2.05) is 0 Å². The third-order valence-corrected chi connectivity index (χ3v) is 6.44. The van der Waals surface area contributed by atoms with Gasteiger partial charge < -0.3 is 15.8 Å². The predicted molar refractivity (Wildman–Crippen MR) is 117 cm³/mol. The zero-order chi connectivity index (χ0) is 21.1. The highest BCUT2D eigenvalue weighted by Crippen LogP contribution is 2.37. The first-order valence-corrected chi connectivity index (χ1v) is 11.0. The summed E-state index contributed by atoms with van der Waals surface area (Å²) in [5, 5.41) is 3.99. The Balaban J connectivity index is 1.37. The average molecular weight is 445 g/mol. The Kier molecular flexibility index (Phi) is 6.15. The number of hydrogen-bond donors (Lipinski definition) is 2. The SMILES string of the molecule is Nc1nc(COC(=O)CNC(=O)c2ccc(Cl)cc2)nc2sc3c(c12)CCCCC3. The molecule has 1 amide bonds. The zero-order valence-electron chi connectivity index (χ0n) is 16.2. The summed E-state index contributed by atoms with van der Waals surface area (Å²) in [5.74, 6) is -0.178. The zero-order valence-corrected chi connectivity index (χ0v) is 17.8. The molecule has 0 saturated heterocycles. The molecule has 7 nitrogen and oxygen atoms in total. The summed E-state index contributed by atoms with van der Waals surface area (Å²) < 4.78 is 5.21. The van der Waals surface area contributed by atoms with Gasteiger partial charge in [0.15, 0.2) is 12.4 Å². The van der Waals surface area contributed by atoms with Gasteiger partial charge in [-0.15, -0.1) is 11.3 Å². The van der Waals surface area contributed by atoms with Gasteiger partial charge in [0.25, 0.3) is 5.91 Å². The number of nitrogen functional groups attached to an aromatic ring is 1. The van der Waals surface area contributed by atoms with E-state index >= 15 is 0 Å². The van der Waals surface area contributed by atoms with E-state index in [4.69, 9.17) is 22.1 Å². The maximum atomic E-state index is 12.0. The number of halogens is 1. The van der Waals surface area contributed by atoms with Crippen LogP contribution in [0.1, 0.15) is 45.9 Å². The number of nitrogens with two attached hydrogens (primary N) is 1. The number of amides is 1. The molecule has 2 aromatic heterocycles. The maximum Gasteiger partial charge on any atom is 0.325 e. The van der Waals surface area contributed by atoms with Crippen molar-refractivity contribution in [3.05, 3.63) is 51.1 Å². The van der Waals surface area contributed by atoms with Crippen LogP contribution in [-0.4, -0.2) is 28.4 Å². The lowest BCUT2D eigenvalue weighted by Gasteiger charge is -2.07. The lowest BCUT2D eigenvalue weighted by atomic mass is 10.1. The van der Waals surface area contributed by atoms with Crippen LogP contribution >= 0.6 is 22.9 Å². The first-order valence-electron chi connectivity index (χ1n) is 9.77. The fourth-order valence-electron chi connectivity index (χ4n) is 3.52. The number of nitrogens with one attached hydrogen (secondary N) is 1. The van der Waals surface area contributed by atoms with Crippen molar-refractivity contribution < 1.29 is 14.3 Å². The summed E-state index contributed by atoms with van der Waals surface area (Å²) >= 11 is 7.45. The predicted octanol–water partition coefficient (Wildman–Crippen LogP) is 3.67. The van der Waals surface area contributed by atoms with Crippen molar-refractivity contribution in [2.45, 2.75) is 38.7 Å². The molecule has 9 heteroatoms. The van der Waals surface area contributed by atoms with Crippen LogP contribution in [0.25, 0.3) is 10.2 Å². The molecule has 0 spiro atoms. The van der Waals surface area contributed by atoms with E-state index in [0.717, 1.165) is 29.5 Å². The Morgan fingerprint density at radius 1 is 1.13 bits per heavy atom. The van der Waals surface area contributed by atoms with Crippen LogP contribution in [0.2, 0.25) is 5.02 Å². The summed E-state index contributed by atoms with van der Waals surface area (Å²) in [7, 11) is 0. The van der Waals surface area contributed by atoms with E-state index < -0.39 is 5.97 Å². The summed E-state index contributed by atoms with van der Waals surface area (Å²) in [6, 6.07) is 6.38. The Hall–Kier alpha value is -2.71. The van der Waals surface area contributed by atoms with Gasteiger partial charge in [-0.25, -0.2) is 9.97 Å². The third-order valence-electron chi connectivity index (χ3n) is 5.00. The van der Waals surface area contributed by atoms with Gasteiger partial charge in [-0.2, -0.15) is 0 Å². The molecule has 0 unspecified atom stereocenters. The number of carbonyl (C=O) groups excluding carboxylic acids is 2. The summed E-state index contributed by atoms with van der Waals surface area (Å²) in [6.07, 6.45) is 5.61. The van der Waals surface area contributed by atoms with Gasteiger partial charge in [0.05, 0.1) is 5.39 Å². The van der Waals surface area contributed by atoms with Crippen molar-refractivity contribution in [1.82, 2.24) is 15.3 Å². The third kappa shape index (κ3) is 4.55. The van der Waals surface area contributed by atoms with Crippen molar-refractivity contribution in [2.24, 2.45) is 0 Å². The molecule has 1 aliphatic carbocycles. The van der Waals surface area contributed by atoms with Crippen molar-refractivity contribution >= 4 is 50.8 Å². The smallest absolute Gasteiger partial charge is 0.325 e. The van der Waals surface area contributed by atoms with Gasteiger partial charge in [-0.1, -0.05) is 18.0 Å². The van der Waals surface area contributed by atoms with Crippen LogP contribution in [0.4, 0.5) is 5.82 Å². The highest BCUT2D eigenvalue weighted by Gasteiger charge is 2.19. The molecule has 0 fully saturated rings. The molecule has 1 aliphatic rings. The van der Waals surface area contributed by atoms with Gasteiger partial charge in [0.2, 0.25) is 0 Å². The maximum absolute atomic E-state index is 12.0. The number of aromatic nitrogens is 2. The molecule has 156 valence electrons. The van der Waals surface area contributed by atoms with Crippen molar-refractivity contribution in [1.29, 1.82) is 0 Å². The molecule has 1 aromatic carbocycles. The standard InChI is InChI=1S/C21H21ClN4O3S/c22-13-8-6-12(7-9-13)20(28)24-10-17(27)29-11-16-25-19(23)18-14-4-2-1-3-5-15(14)30-21(18)26-16/h6-9H,1-5,10-11H2,(H,24,28)(H2,23,25,26). The monoisotopic (exact) mass is 444 g/mol. The highest BCUT2D eigenvalue weighted by atomic mass is 35.5. The van der Waals surface area contributed by atoms with Crippen LogP contribution in [-0.2, 0) is 29.0 Å². The minimum Gasteiger partial charge on any atom is -0.456 e. The number of hydrogen-bond acceptors (Lipinski definition) is 7. The molecule has 0 saturated carbocycles. The molecule has 3 N–H and O–H groups in total. The minimum atomic E-state index is -0.582. The van der Waals surface area contributed by atoms with Crippen LogP contribution in [0.3, 0.4) is 0 Å². The Labute approximate surface area is 182 Å². The molecule has 0 aliphatic heterocycles. The van der Waals surface area contributed by atoms with E-state index in [9.17, 15) is 9.59 Å². The second kappa shape index (κ2) is 8.97. The van der Waals surface area contributed by atoms with Gasteiger partial charge in [-0.3, -0.25) is 9.59 Å². The fraction of sp³-hybridized carbons (Fsp3) is 0.333. The Morgan fingerprint density at radius 2 is 1.90 bits per heavy atom. The van der Waals surface area contributed by atoms with Crippen LogP contribution in [0.15, 0.2) is 24.3 Å². The van der Waals surface area contributed by atoms with Gasteiger partial charge in [0, 0.05) is 15.5 Å². The number of benzene rings is 1. The first kappa shape index (κ1) is 20.6. The van der Waals surface area contributed by atoms with Crippen LogP contribution in [0, 0.1) is 0 Å². The normalized spacial score (nSPS) is 13.5. The summed E-state index contributed by atoms with van der Waals surface area (Å²) in [5.41, 5.74) is 7.89. The van der Waals surface area contributed by atoms with Crippen molar-refractivity contribution in [2.75, 3.05) is 12.3 Å². The number of aryl methyl sites for hydroxylation is 2. The van der Waals surface area contributed by atoms with Crippen LogP contribution in [0.5, 0.6) is 0 Å². The highest BCUT2D eigenvalue weighted by molar-refractivity contribution is 7.19. The molecule has 30 heavy (non-hydrogen) atoms. The number of esters is 1. The Bertz CT molecular complexity index is 1100. The van der Waals surface area contributed by atoms with E-state index in [-0.39, 0.29) is 19.1 Å². The fourth-order valence-corrected chi connectivity index (χ4v) is 4.94. The van der Waals surface area contributed by atoms with E-state index in [1.165, 1.54) is 23.3 Å². The molecule has 0 radical (unpaired) electrons. The number of ether oxygens (including phenoxy) is 1. The van der Waals surface area contributed by atoms with E-state index in [2.05, 4.69) is 15.3 Å².